The molecule has 0 bridgehead atoms. The van der Waals surface area contributed by atoms with Gasteiger partial charge in [-0.15, -0.1) is 0 Å². The highest BCUT2D eigenvalue weighted by Crippen LogP contribution is 2.14. The highest BCUT2D eigenvalue weighted by molar-refractivity contribution is 6.04. The number of hydrogen-bond donors (Lipinski definition) is 2. The second kappa shape index (κ2) is 7.58. The van der Waals surface area contributed by atoms with E-state index in [2.05, 4.69) is 17.6 Å². The van der Waals surface area contributed by atoms with Gasteiger partial charge in [0.15, 0.2) is 0 Å². The molecule has 0 aliphatic rings. The van der Waals surface area contributed by atoms with Gasteiger partial charge in [-0.3, -0.25) is 9.59 Å². The number of carbonyl (C=O) groups excluding carboxylic acids is 2. The molecule has 2 aromatic carbocycles. The van der Waals surface area contributed by atoms with Crippen molar-refractivity contribution in [1.82, 2.24) is 0 Å². The first-order valence-corrected chi connectivity index (χ1v) is 7.81. The van der Waals surface area contributed by atoms with E-state index in [1.165, 1.54) is 5.56 Å². The number of amides is 2. The number of aryl methyl sites for hydroxylation is 1. The molecule has 120 valence electrons. The van der Waals surface area contributed by atoms with Crippen molar-refractivity contribution in [3.8, 4) is 0 Å². The number of anilines is 2. The van der Waals surface area contributed by atoms with Crippen LogP contribution < -0.4 is 10.6 Å². The molecule has 0 saturated carbocycles. The van der Waals surface area contributed by atoms with E-state index < -0.39 is 0 Å². The molecule has 0 spiro atoms. The molecule has 0 aliphatic heterocycles. The zero-order chi connectivity index (χ0) is 16.8. The summed E-state index contributed by atoms with van der Waals surface area (Å²) in [5.41, 5.74) is 3.23. The van der Waals surface area contributed by atoms with Crippen LogP contribution in [0.5, 0.6) is 0 Å². The number of nitrogens with one attached hydrogen (secondary N) is 2. The van der Waals surface area contributed by atoms with Crippen LogP contribution >= 0.6 is 0 Å². The number of rotatable bonds is 5. The van der Waals surface area contributed by atoms with E-state index in [4.69, 9.17) is 0 Å². The summed E-state index contributed by atoms with van der Waals surface area (Å²) in [6.45, 7) is 5.76. The van der Waals surface area contributed by atoms with Gasteiger partial charge in [0.25, 0.3) is 5.91 Å². The monoisotopic (exact) mass is 310 g/mol. The van der Waals surface area contributed by atoms with Crippen LogP contribution in [-0.4, -0.2) is 11.8 Å². The molecule has 2 rings (SSSR count). The van der Waals surface area contributed by atoms with Crippen molar-refractivity contribution in [1.29, 1.82) is 0 Å². The molecular weight excluding hydrogens is 288 g/mol. The molecule has 2 N–H and O–H groups in total. The fourth-order valence-corrected chi connectivity index (χ4v) is 2.02. The molecule has 0 aromatic heterocycles. The van der Waals surface area contributed by atoms with Gasteiger partial charge in [-0.25, -0.2) is 0 Å². The molecule has 2 aromatic rings. The minimum Gasteiger partial charge on any atom is -0.326 e. The normalized spacial score (nSPS) is 10.4. The lowest BCUT2D eigenvalue weighted by molar-refractivity contribution is -0.118. The third-order valence-electron chi connectivity index (χ3n) is 3.56. The van der Waals surface area contributed by atoms with E-state index in [0.29, 0.717) is 11.3 Å². The summed E-state index contributed by atoms with van der Waals surface area (Å²) in [4.78, 5) is 23.8. The second-order valence-electron chi connectivity index (χ2n) is 5.73. The van der Waals surface area contributed by atoms with Gasteiger partial charge in [-0.1, -0.05) is 32.9 Å². The summed E-state index contributed by atoms with van der Waals surface area (Å²) >= 11 is 0. The van der Waals surface area contributed by atoms with E-state index in [1.807, 2.05) is 38.1 Å². The van der Waals surface area contributed by atoms with Gasteiger partial charge in [0.2, 0.25) is 5.91 Å². The topological polar surface area (TPSA) is 58.2 Å². The largest absolute Gasteiger partial charge is 0.326 e. The molecule has 0 fully saturated rings. The molecule has 2 amide bonds. The molecular formula is C19H22N2O2. The van der Waals surface area contributed by atoms with Crippen LogP contribution in [0.4, 0.5) is 11.4 Å². The summed E-state index contributed by atoms with van der Waals surface area (Å²) in [7, 11) is 0. The van der Waals surface area contributed by atoms with Gasteiger partial charge in [0.05, 0.1) is 0 Å². The molecule has 4 nitrogen and oxygen atoms in total. The summed E-state index contributed by atoms with van der Waals surface area (Å²) in [6, 6.07) is 14.7. The van der Waals surface area contributed by atoms with Crippen molar-refractivity contribution in [3.05, 3.63) is 59.7 Å². The highest BCUT2D eigenvalue weighted by atomic mass is 16.2. The van der Waals surface area contributed by atoms with E-state index in [-0.39, 0.29) is 17.7 Å². The smallest absolute Gasteiger partial charge is 0.255 e. The molecule has 0 atom stereocenters. The molecule has 4 heteroatoms. The Morgan fingerprint density at radius 1 is 0.870 bits per heavy atom. The van der Waals surface area contributed by atoms with Crippen LogP contribution in [0.2, 0.25) is 0 Å². The van der Waals surface area contributed by atoms with Crippen molar-refractivity contribution >= 4 is 23.2 Å². The Balaban J connectivity index is 2.00. The minimum atomic E-state index is -0.170. The van der Waals surface area contributed by atoms with E-state index >= 15 is 0 Å². The Hall–Kier alpha value is -2.62. The summed E-state index contributed by atoms with van der Waals surface area (Å²) in [5.74, 6) is -0.293. The molecule has 0 unspecified atom stereocenters. The van der Waals surface area contributed by atoms with Crippen molar-refractivity contribution in [2.75, 3.05) is 10.6 Å². The molecule has 0 heterocycles. The van der Waals surface area contributed by atoms with Crippen LogP contribution in [0.15, 0.2) is 48.5 Å². The van der Waals surface area contributed by atoms with Crippen molar-refractivity contribution < 1.29 is 9.59 Å². The predicted molar refractivity (Wildman–Crippen MR) is 93.7 cm³/mol. The van der Waals surface area contributed by atoms with Gasteiger partial charge < -0.3 is 10.6 Å². The number of carbonyl (C=O) groups is 2. The zero-order valence-corrected chi connectivity index (χ0v) is 13.7. The lowest BCUT2D eigenvalue weighted by atomic mass is 10.1. The molecule has 0 radical (unpaired) electrons. The first kappa shape index (κ1) is 16.7. The SMILES string of the molecule is CCc1ccc(NC(=O)c2ccc(NC(=O)C(C)C)cc2)cc1. The maximum atomic E-state index is 12.2. The fourth-order valence-electron chi connectivity index (χ4n) is 2.02. The Labute approximate surface area is 136 Å². The fraction of sp³-hybridized carbons (Fsp3) is 0.263. The van der Waals surface area contributed by atoms with Crippen molar-refractivity contribution in [2.45, 2.75) is 27.2 Å². The number of hydrogen-bond acceptors (Lipinski definition) is 2. The Morgan fingerprint density at radius 2 is 1.39 bits per heavy atom. The maximum Gasteiger partial charge on any atom is 0.255 e. The molecule has 0 saturated heterocycles. The molecule has 23 heavy (non-hydrogen) atoms. The first-order chi connectivity index (χ1) is 11.0. The van der Waals surface area contributed by atoms with Crippen molar-refractivity contribution in [3.63, 3.8) is 0 Å². The van der Waals surface area contributed by atoms with Crippen LogP contribution in [0.1, 0.15) is 36.7 Å². The maximum absolute atomic E-state index is 12.2. The minimum absolute atomic E-state index is 0.0433. The van der Waals surface area contributed by atoms with Gasteiger partial charge in [-0.05, 0) is 48.4 Å². The summed E-state index contributed by atoms with van der Waals surface area (Å²) in [5, 5.41) is 5.66. The van der Waals surface area contributed by atoms with Gasteiger partial charge in [-0.2, -0.15) is 0 Å². The Bertz CT molecular complexity index is 674. The Morgan fingerprint density at radius 3 is 1.91 bits per heavy atom. The lowest BCUT2D eigenvalue weighted by Crippen LogP contribution is -2.18. The van der Waals surface area contributed by atoms with Crippen LogP contribution in [0.3, 0.4) is 0 Å². The predicted octanol–water partition coefficient (Wildman–Crippen LogP) is 4.10. The average molecular weight is 310 g/mol. The van der Waals surface area contributed by atoms with Crippen LogP contribution in [-0.2, 0) is 11.2 Å². The average Bonchev–Trinajstić information content (AvgIpc) is 2.56. The van der Waals surface area contributed by atoms with Gasteiger partial charge in [0, 0.05) is 22.9 Å². The first-order valence-electron chi connectivity index (χ1n) is 7.81. The third kappa shape index (κ3) is 4.68. The number of benzene rings is 2. The van der Waals surface area contributed by atoms with E-state index in [9.17, 15) is 9.59 Å². The summed E-state index contributed by atoms with van der Waals surface area (Å²) in [6.07, 6.45) is 0.970. The quantitative estimate of drug-likeness (QED) is 0.873. The van der Waals surface area contributed by atoms with E-state index in [0.717, 1.165) is 12.1 Å². The van der Waals surface area contributed by atoms with Crippen LogP contribution in [0, 0.1) is 5.92 Å². The van der Waals surface area contributed by atoms with Crippen LogP contribution in [0.25, 0.3) is 0 Å². The Kier molecular flexibility index (Phi) is 5.52. The summed E-state index contributed by atoms with van der Waals surface area (Å²) < 4.78 is 0. The lowest BCUT2D eigenvalue weighted by Gasteiger charge is -2.09. The van der Waals surface area contributed by atoms with E-state index in [1.54, 1.807) is 24.3 Å². The van der Waals surface area contributed by atoms with Gasteiger partial charge in [0.1, 0.15) is 0 Å². The van der Waals surface area contributed by atoms with Gasteiger partial charge >= 0.3 is 0 Å². The molecule has 0 aliphatic carbocycles. The second-order valence-corrected chi connectivity index (χ2v) is 5.73. The highest BCUT2D eigenvalue weighted by Gasteiger charge is 2.09. The third-order valence-corrected chi connectivity index (χ3v) is 3.56. The zero-order valence-electron chi connectivity index (χ0n) is 13.7. The van der Waals surface area contributed by atoms with Crippen molar-refractivity contribution in [2.24, 2.45) is 5.92 Å². The standard InChI is InChI=1S/C19H22N2O2/c1-4-14-5-9-16(10-6-14)21-19(23)15-7-11-17(12-8-15)20-18(22)13(2)3/h5-13H,4H2,1-3H3,(H,20,22)(H,21,23).